The van der Waals surface area contributed by atoms with Crippen LogP contribution in [0.2, 0.25) is 0 Å². The van der Waals surface area contributed by atoms with Crippen LogP contribution in [0.25, 0.3) is 11.0 Å². The van der Waals surface area contributed by atoms with E-state index in [1.165, 1.54) is 7.11 Å². The van der Waals surface area contributed by atoms with Gasteiger partial charge in [-0.15, -0.1) is 0 Å². The lowest BCUT2D eigenvalue weighted by Gasteiger charge is -2.23. The first-order valence-corrected chi connectivity index (χ1v) is 20.6. The number of hydrogen-bond donors (Lipinski definition) is 1. The standard InChI is InChI=1S/C42H70N2O15/c1-34-31-36-35(2)37(42(47)59-39(36)33-38(34)43)32-40(45)44(10-7-5-6-9-41(46)49-4)11-8-12-50-15-16-52-19-20-54-23-24-56-27-28-58-30-29-57-26-25-55-22-21-53-18-17-51-14-13-48-3/h31,33H,5-30,32,43H2,1-4H3. The third-order valence-corrected chi connectivity index (χ3v) is 9.02. The fraction of sp³-hybridized carbons (Fsp3) is 0.738. The van der Waals surface area contributed by atoms with E-state index in [9.17, 15) is 14.4 Å². The lowest BCUT2D eigenvalue weighted by atomic mass is 10.0. The molecule has 2 N–H and O–H groups in total. The first-order valence-electron chi connectivity index (χ1n) is 20.6. The molecule has 59 heavy (non-hydrogen) atoms. The highest BCUT2D eigenvalue weighted by molar-refractivity contribution is 5.87. The number of fused-ring (bicyclic) bond motifs is 1. The van der Waals surface area contributed by atoms with E-state index in [0.717, 1.165) is 17.4 Å². The number of nitrogens with zero attached hydrogens (tertiary/aromatic N) is 1. The van der Waals surface area contributed by atoms with Crippen molar-refractivity contribution in [3.63, 3.8) is 0 Å². The Hall–Kier alpha value is -3.23. The smallest absolute Gasteiger partial charge is 0.340 e. The van der Waals surface area contributed by atoms with Gasteiger partial charge in [-0.2, -0.15) is 0 Å². The summed E-state index contributed by atoms with van der Waals surface area (Å²) in [6, 6.07) is 3.52. The van der Waals surface area contributed by atoms with Crippen LogP contribution >= 0.6 is 0 Å². The molecular formula is C42H70N2O15. The second-order valence-electron chi connectivity index (χ2n) is 13.5. The maximum atomic E-state index is 13.5. The predicted molar refractivity (Wildman–Crippen MR) is 221 cm³/mol. The maximum absolute atomic E-state index is 13.5. The topological polar surface area (TPSA) is 195 Å². The zero-order valence-corrected chi connectivity index (χ0v) is 35.9. The van der Waals surface area contributed by atoms with Gasteiger partial charge in [0, 0.05) is 50.4 Å². The van der Waals surface area contributed by atoms with Crippen LogP contribution in [-0.4, -0.2) is 170 Å². The number of esters is 1. The van der Waals surface area contributed by atoms with E-state index in [1.807, 2.05) is 19.9 Å². The summed E-state index contributed by atoms with van der Waals surface area (Å²) in [6.07, 6.45) is 3.01. The van der Waals surface area contributed by atoms with Gasteiger partial charge in [0.15, 0.2) is 0 Å². The van der Waals surface area contributed by atoms with Crippen LogP contribution in [0.15, 0.2) is 21.3 Å². The number of nitrogen functional groups attached to an aromatic ring is 1. The quantitative estimate of drug-likeness (QED) is 0.0446. The van der Waals surface area contributed by atoms with E-state index in [2.05, 4.69) is 0 Å². The summed E-state index contributed by atoms with van der Waals surface area (Å²) in [6.45, 7) is 13.9. The molecule has 17 heteroatoms. The fourth-order valence-corrected chi connectivity index (χ4v) is 5.60. The van der Waals surface area contributed by atoms with Crippen molar-refractivity contribution in [2.24, 2.45) is 0 Å². The number of ether oxygens (including phenoxy) is 11. The Kier molecular flexibility index (Phi) is 30.3. The first-order chi connectivity index (χ1) is 28.8. The molecule has 0 saturated carbocycles. The van der Waals surface area contributed by atoms with E-state index >= 15 is 0 Å². The second kappa shape index (κ2) is 34.5. The number of aryl methyl sites for hydroxylation is 2. The number of hydrogen-bond acceptors (Lipinski definition) is 16. The number of nitrogens with two attached hydrogens (primary N) is 1. The molecule has 0 fully saturated rings. The van der Waals surface area contributed by atoms with E-state index in [0.29, 0.717) is 187 Å². The van der Waals surface area contributed by atoms with Crippen molar-refractivity contribution in [3.05, 3.63) is 39.2 Å². The van der Waals surface area contributed by atoms with Gasteiger partial charge >= 0.3 is 11.6 Å². The lowest BCUT2D eigenvalue weighted by Crippen LogP contribution is -2.36. The SMILES string of the molecule is COCCOCCOCCOCCOCCOCCOCCOCCOCCOCCCN(CCCCCC(=O)OC)C(=O)Cc1c(C)c2cc(C)c(N)cc2oc1=O. The van der Waals surface area contributed by atoms with Gasteiger partial charge in [0.25, 0.3) is 0 Å². The molecule has 1 aromatic carbocycles. The number of rotatable bonds is 39. The summed E-state index contributed by atoms with van der Waals surface area (Å²) < 4.78 is 64.7. The van der Waals surface area contributed by atoms with Crippen LogP contribution in [0, 0.1) is 13.8 Å². The highest BCUT2D eigenvalue weighted by Gasteiger charge is 2.20. The van der Waals surface area contributed by atoms with Crippen molar-refractivity contribution < 1.29 is 66.1 Å². The number of carbonyl (C=O) groups excluding carboxylic acids is 2. The van der Waals surface area contributed by atoms with Crippen LogP contribution in [0.3, 0.4) is 0 Å². The molecule has 2 aromatic rings. The number of benzene rings is 1. The maximum Gasteiger partial charge on any atom is 0.340 e. The molecule has 0 saturated heterocycles. The van der Waals surface area contributed by atoms with Crippen molar-refractivity contribution >= 4 is 28.5 Å². The first kappa shape index (κ1) is 51.9. The number of unbranched alkanes of at least 4 members (excludes halogenated alkanes) is 2. The average Bonchev–Trinajstić information content (AvgIpc) is 3.22. The molecular weight excluding hydrogens is 772 g/mol. The normalized spacial score (nSPS) is 11.5. The summed E-state index contributed by atoms with van der Waals surface area (Å²) in [5.74, 6) is -0.422. The van der Waals surface area contributed by atoms with E-state index in [1.54, 1.807) is 18.1 Å². The van der Waals surface area contributed by atoms with Crippen molar-refractivity contribution in [2.75, 3.05) is 159 Å². The predicted octanol–water partition coefficient (Wildman–Crippen LogP) is 3.28. The Bertz CT molecular complexity index is 1460. The molecule has 0 atom stereocenters. The minimum absolute atomic E-state index is 0.0766. The fourth-order valence-electron chi connectivity index (χ4n) is 5.60. The molecule has 0 radical (unpaired) electrons. The number of methoxy groups -OCH3 is 2. The van der Waals surface area contributed by atoms with Crippen LogP contribution in [0.5, 0.6) is 0 Å². The van der Waals surface area contributed by atoms with Crippen LogP contribution in [-0.2, 0) is 68.1 Å². The van der Waals surface area contributed by atoms with E-state index < -0.39 is 5.63 Å². The number of carbonyl (C=O) groups is 2. The molecule has 0 aliphatic heterocycles. The summed E-state index contributed by atoms with van der Waals surface area (Å²) >= 11 is 0. The molecule has 338 valence electrons. The summed E-state index contributed by atoms with van der Waals surface area (Å²) in [5, 5.41) is 0.759. The molecule has 2 rings (SSSR count). The van der Waals surface area contributed by atoms with Crippen LogP contribution in [0.1, 0.15) is 48.8 Å². The highest BCUT2D eigenvalue weighted by Crippen LogP contribution is 2.25. The summed E-state index contributed by atoms with van der Waals surface area (Å²) in [7, 11) is 3.01. The Balaban J connectivity index is 1.48. The van der Waals surface area contributed by atoms with Gasteiger partial charge in [-0.05, 0) is 50.3 Å². The molecule has 0 aliphatic carbocycles. The summed E-state index contributed by atoms with van der Waals surface area (Å²) in [5.41, 5.74) is 8.32. The molecule has 0 aliphatic rings. The number of amides is 1. The molecule has 1 heterocycles. The van der Waals surface area contributed by atoms with E-state index in [-0.39, 0.29) is 18.3 Å². The third kappa shape index (κ3) is 24.6. The van der Waals surface area contributed by atoms with Crippen molar-refractivity contribution in [1.82, 2.24) is 4.90 Å². The Morgan fingerprint density at radius 1 is 0.593 bits per heavy atom. The van der Waals surface area contributed by atoms with E-state index in [4.69, 9.17) is 62.3 Å². The number of anilines is 1. The van der Waals surface area contributed by atoms with Gasteiger partial charge in [0.05, 0.1) is 138 Å². The molecule has 17 nitrogen and oxygen atoms in total. The second-order valence-corrected chi connectivity index (χ2v) is 13.5. The van der Waals surface area contributed by atoms with Crippen LogP contribution < -0.4 is 11.4 Å². The van der Waals surface area contributed by atoms with Crippen molar-refractivity contribution in [1.29, 1.82) is 0 Å². The zero-order valence-electron chi connectivity index (χ0n) is 35.9. The Labute approximate surface area is 349 Å². The molecule has 1 aromatic heterocycles. The van der Waals surface area contributed by atoms with Gasteiger partial charge in [-0.1, -0.05) is 6.42 Å². The Morgan fingerprint density at radius 2 is 1.03 bits per heavy atom. The van der Waals surface area contributed by atoms with Gasteiger partial charge in [0.1, 0.15) is 5.58 Å². The van der Waals surface area contributed by atoms with Crippen molar-refractivity contribution in [3.8, 4) is 0 Å². The monoisotopic (exact) mass is 842 g/mol. The molecule has 1 amide bonds. The van der Waals surface area contributed by atoms with Gasteiger partial charge < -0.3 is 67.2 Å². The van der Waals surface area contributed by atoms with Gasteiger partial charge in [0.2, 0.25) is 5.91 Å². The lowest BCUT2D eigenvalue weighted by molar-refractivity contribution is -0.140. The Morgan fingerprint density at radius 3 is 1.49 bits per heavy atom. The summed E-state index contributed by atoms with van der Waals surface area (Å²) in [4.78, 5) is 39.7. The minimum Gasteiger partial charge on any atom is -0.469 e. The third-order valence-electron chi connectivity index (χ3n) is 9.02. The van der Waals surface area contributed by atoms with Crippen molar-refractivity contribution in [2.45, 2.75) is 52.4 Å². The van der Waals surface area contributed by atoms with Gasteiger partial charge in [-0.25, -0.2) is 4.79 Å². The molecule has 0 unspecified atom stereocenters. The average molecular weight is 843 g/mol. The molecule has 0 spiro atoms. The molecule has 0 bridgehead atoms. The van der Waals surface area contributed by atoms with Crippen LogP contribution in [0.4, 0.5) is 5.69 Å². The van der Waals surface area contributed by atoms with Gasteiger partial charge in [-0.3, -0.25) is 9.59 Å². The highest BCUT2D eigenvalue weighted by atomic mass is 16.6. The minimum atomic E-state index is -0.542. The zero-order chi connectivity index (χ0) is 42.8. The largest absolute Gasteiger partial charge is 0.469 e.